The molecule has 1 aromatic heterocycles. The molecule has 0 unspecified atom stereocenters. The van der Waals surface area contributed by atoms with Crippen molar-refractivity contribution < 1.29 is 4.79 Å². The number of amides is 1. The van der Waals surface area contributed by atoms with E-state index in [4.69, 9.17) is 5.84 Å². The standard InChI is InChI=1S/C14H24N4O/c1-2-18(12-13-8-5-6-10-16-13)11-7-3-4-9-14(19)17-15/h5-6,8,10H,2-4,7,9,11-12,15H2,1H3,(H,17,19). The lowest BCUT2D eigenvalue weighted by Crippen LogP contribution is -2.29. The molecule has 19 heavy (non-hydrogen) atoms. The van der Waals surface area contributed by atoms with Crippen molar-refractivity contribution in [2.45, 2.75) is 39.2 Å². The number of nitrogens with one attached hydrogen (secondary N) is 1. The Labute approximate surface area is 115 Å². The molecule has 5 nitrogen and oxygen atoms in total. The Bertz CT molecular complexity index is 356. The van der Waals surface area contributed by atoms with Crippen LogP contribution in [0.1, 0.15) is 38.3 Å². The van der Waals surface area contributed by atoms with Gasteiger partial charge in [0.2, 0.25) is 5.91 Å². The average molecular weight is 264 g/mol. The van der Waals surface area contributed by atoms with Crippen LogP contribution < -0.4 is 11.3 Å². The molecule has 3 N–H and O–H groups in total. The normalized spacial score (nSPS) is 10.7. The lowest BCUT2D eigenvalue weighted by atomic mass is 10.2. The molecule has 1 heterocycles. The van der Waals surface area contributed by atoms with Gasteiger partial charge in [0.05, 0.1) is 5.69 Å². The van der Waals surface area contributed by atoms with Crippen molar-refractivity contribution in [1.82, 2.24) is 15.3 Å². The number of hydrogen-bond acceptors (Lipinski definition) is 4. The third-order valence-electron chi connectivity index (χ3n) is 3.10. The summed E-state index contributed by atoms with van der Waals surface area (Å²) in [4.78, 5) is 17.7. The van der Waals surface area contributed by atoms with Crippen molar-refractivity contribution in [1.29, 1.82) is 0 Å². The number of aromatic nitrogens is 1. The molecule has 5 heteroatoms. The van der Waals surface area contributed by atoms with Crippen LogP contribution >= 0.6 is 0 Å². The maximum Gasteiger partial charge on any atom is 0.233 e. The lowest BCUT2D eigenvalue weighted by Gasteiger charge is -2.19. The molecule has 1 amide bonds. The van der Waals surface area contributed by atoms with Gasteiger partial charge in [0.25, 0.3) is 0 Å². The number of carbonyl (C=O) groups excluding carboxylic acids is 1. The smallest absolute Gasteiger partial charge is 0.233 e. The first kappa shape index (κ1) is 15.6. The Balaban J connectivity index is 2.17. The third-order valence-corrected chi connectivity index (χ3v) is 3.10. The summed E-state index contributed by atoms with van der Waals surface area (Å²) < 4.78 is 0. The molecule has 0 saturated heterocycles. The predicted octanol–water partition coefficient (Wildman–Crippen LogP) is 1.45. The lowest BCUT2D eigenvalue weighted by molar-refractivity contribution is -0.121. The molecule has 0 saturated carbocycles. The summed E-state index contributed by atoms with van der Waals surface area (Å²) >= 11 is 0. The first-order valence-corrected chi connectivity index (χ1v) is 6.88. The molecule has 0 aromatic carbocycles. The molecule has 0 bridgehead atoms. The van der Waals surface area contributed by atoms with E-state index < -0.39 is 0 Å². The third kappa shape index (κ3) is 6.88. The van der Waals surface area contributed by atoms with Crippen molar-refractivity contribution in [2.75, 3.05) is 13.1 Å². The Kier molecular flexibility index (Phi) is 7.77. The molecule has 106 valence electrons. The largest absolute Gasteiger partial charge is 0.298 e. The molecule has 0 aliphatic rings. The van der Waals surface area contributed by atoms with Gasteiger partial charge in [-0.15, -0.1) is 0 Å². The zero-order valence-electron chi connectivity index (χ0n) is 11.6. The summed E-state index contributed by atoms with van der Waals surface area (Å²) in [5, 5.41) is 0. The van der Waals surface area contributed by atoms with Crippen LogP contribution in [-0.4, -0.2) is 28.9 Å². The monoisotopic (exact) mass is 264 g/mol. The maximum atomic E-state index is 11.0. The Hall–Kier alpha value is -1.46. The summed E-state index contributed by atoms with van der Waals surface area (Å²) in [6.45, 7) is 5.10. The van der Waals surface area contributed by atoms with Gasteiger partial charge in [-0.2, -0.15) is 0 Å². The van der Waals surface area contributed by atoms with Crippen molar-refractivity contribution in [3.05, 3.63) is 30.1 Å². The Morgan fingerprint density at radius 3 is 2.84 bits per heavy atom. The van der Waals surface area contributed by atoms with E-state index in [-0.39, 0.29) is 5.91 Å². The summed E-state index contributed by atoms with van der Waals surface area (Å²) in [5.74, 6) is 4.95. The van der Waals surface area contributed by atoms with Crippen molar-refractivity contribution >= 4 is 5.91 Å². The SMILES string of the molecule is CCN(CCCCCC(=O)NN)Cc1ccccn1. The maximum absolute atomic E-state index is 11.0. The van der Waals surface area contributed by atoms with Crippen LogP contribution in [-0.2, 0) is 11.3 Å². The van der Waals surface area contributed by atoms with Gasteiger partial charge >= 0.3 is 0 Å². The number of hydrogen-bond donors (Lipinski definition) is 2. The minimum absolute atomic E-state index is 0.0826. The molecular formula is C14H24N4O. The summed E-state index contributed by atoms with van der Waals surface area (Å²) in [6.07, 6.45) is 5.38. The first-order chi connectivity index (χ1) is 9.26. The molecule has 0 spiro atoms. The highest BCUT2D eigenvalue weighted by Crippen LogP contribution is 2.05. The second kappa shape index (κ2) is 9.47. The van der Waals surface area contributed by atoms with Crippen molar-refractivity contribution in [2.24, 2.45) is 5.84 Å². The van der Waals surface area contributed by atoms with Gasteiger partial charge in [0.1, 0.15) is 0 Å². The fourth-order valence-electron chi connectivity index (χ4n) is 1.94. The fraction of sp³-hybridized carbons (Fsp3) is 0.571. The number of unbranched alkanes of at least 4 members (excludes halogenated alkanes) is 2. The van der Waals surface area contributed by atoms with Crippen molar-refractivity contribution in [3.8, 4) is 0 Å². The highest BCUT2D eigenvalue weighted by molar-refractivity contribution is 5.74. The van der Waals surface area contributed by atoms with Gasteiger partial charge in [0, 0.05) is 19.2 Å². The van der Waals surface area contributed by atoms with Crippen LogP contribution in [0.15, 0.2) is 24.4 Å². The van der Waals surface area contributed by atoms with Gasteiger partial charge < -0.3 is 0 Å². The zero-order valence-corrected chi connectivity index (χ0v) is 11.6. The first-order valence-electron chi connectivity index (χ1n) is 6.88. The van der Waals surface area contributed by atoms with E-state index in [1.54, 1.807) is 0 Å². The van der Waals surface area contributed by atoms with E-state index in [2.05, 4.69) is 22.2 Å². The number of nitrogens with zero attached hydrogens (tertiary/aromatic N) is 2. The van der Waals surface area contributed by atoms with E-state index in [0.717, 1.165) is 44.6 Å². The molecule has 0 radical (unpaired) electrons. The molecule has 1 aromatic rings. The highest BCUT2D eigenvalue weighted by Gasteiger charge is 2.04. The van der Waals surface area contributed by atoms with Crippen LogP contribution in [0.25, 0.3) is 0 Å². The van der Waals surface area contributed by atoms with Gasteiger partial charge in [-0.3, -0.25) is 20.1 Å². The summed E-state index contributed by atoms with van der Waals surface area (Å²) in [7, 11) is 0. The van der Waals surface area contributed by atoms with E-state index >= 15 is 0 Å². The summed E-state index contributed by atoms with van der Waals surface area (Å²) in [6, 6.07) is 6.00. The number of pyridine rings is 1. The molecule has 0 atom stereocenters. The van der Waals surface area contributed by atoms with Gasteiger partial charge in [-0.1, -0.05) is 19.4 Å². The minimum atomic E-state index is -0.0826. The van der Waals surface area contributed by atoms with Gasteiger partial charge in [0.15, 0.2) is 0 Å². The van der Waals surface area contributed by atoms with Crippen molar-refractivity contribution in [3.63, 3.8) is 0 Å². The van der Waals surface area contributed by atoms with E-state index in [1.165, 1.54) is 0 Å². The molecular weight excluding hydrogens is 240 g/mol. The Morgan fingerprint density at radius 2 is 2.21 bits per heavy atom. The number of carbonyl (C=O) groups is 1. The fourth-order valence-corrected chi connectivity index (χ4v) is 1.94. The molecule has 0 fully saturated rings. The van der Waals surface area contributed by atoms with E-state index in [0.29, 0.717) is 6.42 Å². The second-order valence-electron chi connectivity index (χ2n) is 4.57. The van der Waals surface area contributed by atoms with Gasteiger partial charge in [-0.25, -0.2) is 5.84 Å². The zero-order chi connectivity index (χ0) is 13.9. The summed E-state index contributed by atoms with van der Waals surface area (Å²) in [5.41, 5.74) is 3.25. The molecule has 0 aliphatic carbocycles. The number of rotatable bonds is 9. The van der Waals surface area contributed by atoms with E-state index in [1.807, 2.05) is 24.4 Å². The van der Waals surface area contributed by atoms with Gasteiger partial charge in [-0.05, 0) is 38.1 Å². The average Bonchev–Trinajstić information content (AvgIpc) is 2.46. The molecule has 0 aliphatic heterocycles. The van der Waals surface area contributed by atoms with Crippen LogP contribution in [0.4, 0.5) is 0 Å². The van der Waals surface area contributed by atoms with Crippen LogP contribution in [0.5, 0.6) is 0 Å². The number of nitrogens with two attached hydrogens (primary N) is 1. The quantitative estimate of drug-likeness (QED) is 0.306. The highest BCUT2D eigenvalue weighted by atomic mass is 16.2. The van der Waals surface area contributed by atoms with E-state index in [9.17, 15) is 4.79 Å². The van der Waals surface area contributed by atoms with Crippen LogP contribution in [0, 0.1) is 0 Å². The second-order valence-corrected chi connectivity index (χ2v) is 4.57. The van der Waals surface area contributed by atoms with Crippen LogP contribution in [0.3, 0.4) is 0 Å². The molecule has 1 rings (SSSR count). The minimum Gasteiger partial charge on any atom is -0.298 e. The Morgan fingerprint density at radius 1 is 1.37 bits per heavy atom. The topological polar surface area (TPSA) is 71.2 Å². The van der Waals surface area contributed by atoms with Crippen LogP contribution in [0.2, 0.25) is 0 Å². The predicted molar refractivity (Wildman–Crippen MR) is 76.0 cm³/mol. The number of hydrazine groups is 1.